The third-order valence-electron chi connectivity index (χ3n) is 2.62. The summed E-state index contributed by atoms with van der Waals surface area (Å²) in [5.41, 5.74) is 8.16. The molecule has 2 N–H and O–H groups in total. The molecule has 0 atom stereocenters. The van der Waals surface area contributed by atoms with Crippen LogP contribution in [-0.2, 0) is 6.42 Å². The van der Waals surface area contributed by atoms with Gasteiger partial charge in [0, 0.05) is 0 Å². The second-order valence-electron chi connectivity index (χ2n) is 4.12. The molecule has 1 aromatic carbocycles. The second kappa shape index (κ2) is 5.76. The summed E-state index contributed by atoms with van der Waals surface area (Å²) >= 11 is 0. The maximum atomic E-state index is 5.52. The minimum absolute atomic E-state index is 0.563. The van der Waals surface area contributed by atoms with Crippen molar-refractivity contribution in [1.29, 1.82) is 0 Å². The van der Waals surface area contributed by atoms with Crippen LogP contribution in [0.2, 0.25) is 0 Å². The molecule has 84 valence electrons. The molecule has 0 bridgehead atoms. The van der Waals surface area contributed by atoms with E-state index in [4.69, 9.17) is 10.5 Å². The van der Waals surface area contributed by atoms with Crippen molar-refractivity contribution in [3.63, 3.8) is 0 Å². The molecule has 0 saturated heterocycles. The van der Waals surface area contributed by atoms with E-state index in [9.17, 15) is 0 Å². The molecule has 2 nitrogen and oxygen atoms in total. The fourth-order valence-electron chi connectivity index (χ4n) is 1.65. The Bertz CT molecular complexity index is 307. The molecule has 2 heteroatoms. The van der Waals surface area contributed by atoms with Crippen LogP contribution in [-0.4, -0.2) is 13.7 Å². The van der Waals surface area contributed by atoms with Crippen LogP contribution in [0.15, 0.2) is 18.2 Å². The van der Waals surface area contributed by atoms with Gasteiger partial charge in [0.2, 0.25) is 0 Å². The summed E-state index contributed by atoms with van der Waals surface area (Å²) in [5, 5.41) is 0. The van der Waals surface area contributed by atoms with Gasteiger partial charge in [0.15, 0.2) is 0 Å². The van der Waals surface area contributed by atoms with Gasteiger partial charge in [0.05, 0.1) is 7.11 Å². The minimum Gasteiger partial charge on any atom is -0.496 e. The van der Waals surface area contributed by atoms with Gasteiger partial charge in [-0.05, 0) is 42.5 Å². The van der Waals surface area contributed by atoms with Gasteiger partial charge in [-0.3, -0.25) is 0 Å². The van der Waals surface area contributed by atoms with Crippen LogP contribution in [0.3, 0.4) is 0 Å². The molecule has 0 aliphatic carbocycles. The highest BCUT2D eigenvalue weighted by atomic mass is 16.5. The average Bonchev–Trinajstić information content (AvgIpc) is 2.25. The van der Waals surface area contributed by atoms with Gasteiger partial charge in [0.25, 0.3) is 0 Å². The van der Waals surface area contributed by atoms with Crippen LogP contribution in [0.4, 0.5) is 0 Å². The van der Waals surface area contributed by atoms with Crippen molar-refractivity contribution >= 4 is 0 Å². The lowest BCUT2D eigenvalue weighted by molar-refractivity contribution is 0.409. The van der Waals surface area contributed by atoms with Crippen LogP contribution >= 0.6 is 0 Å². The molecule has 0 fully saturated rings. The lowest BCUT2D eigenvalue weighted by Crippen LogP contribution is -2.02. The number of hydrogen-bond donors (Lipinski definition) is 1. The lowest BCUT2D eigenvalue weighted by atomic mass is 9.98. The fraction of sp³-hybridized carbons (Fsp3) is 0.538. The van der Waals surface area contributed by atoms with Crippen molar-refractivity contribution in [2.45, 2.75) is 32.6 Å². The highest BCUT2D eigenvalue weighted by Crippen LogP contribution is 2.24. The van der Waals surface area contributed by atoms with Crippen molar-refractivity contribution in [3.8, 4) is 5.75 Å². The van der Waals surface area contributed by atoms with Gasteiger partial charge in [-0.25, -0.2) is 0 Å². The minimum atomic E-state index is 0.563. The van der Waals surface area contributed by atoms with E-state index in [0.717, 1.165) is 25.1 Å². The van der Waals surface area contributed by atoms with E-state index >= 15 is 0 Å². The maximum Gasteiger partial charge on any atom is 0.122 e. The lowest BCUT2D eigenvalue weighted by Gasteiger charge is -2.12. The van der Waals surface area contributed by atoms with Crippen molar-refractivity contribution in [2.75, 3.05) is 13.7 Å². The summed E-state index contributed by atoms with van der Waals surface area (Å²) < 4.78 is 5.34. The zero-order chi connectivity index (χ0) is 11.3. The Morgan fingerprint density at radius 3 is 2.60 bits per heavy atom. The number of methoxy groups -OCH3 is 1. The predicted octanol–water partition coefficient (Wildman–Crippen LogP) is 2.71. The first kappa shape index (κ1) is 12.1. The molecule has 0 saturated carbocycles. The van der Waals surface area contributed by atoms with E-state index in [-0.39, 0.29) is 0 Å². The topological polar surface area (TPSA) is 35.2 Å². The number of ether oxygens (including phenoxy) is 1. The Kier molecular flexibility index (Phi) is 4.63. The highest BCUT2D eigenvalue weighted by molar-refractivity contribution is 5.38. The average molecular weight is 207 g/mol. The Balaban J connectivity index is 2.91. The molecule has 0 unspecified atom stereocenters. The number of hydrogen-bond acceptors (Lipinski definition) is 2. The predicted molar refractivity (Wildman–Crippen MR) is 64.5 cm³/mol. The van der Waals surface area contributed by atoms with Crippen molar-refractivity contribution < 1.29 is 4.74 Å². The van der Waals surface area contributed by atoms with Gasteiger partial charge in [-0.1, -0.05) is 26.0 Å². The molecule has 0 aromatic heterocycles. The van der Waals surface area contributed by atoms with Crippen LogP contribution < -0.4 is 10.5 Å². The van der Waals surface area contributed by atoms with Crippen molar-refractivity contribution in [2.24, 2.45) is 5.73 Å². The van der Waals surface area contributed by atoms with E-state index < -0.39 is 0 Å². The van der Waals surface area contributed by atoms with E-state index in [1.165, 1.54) is 11.1 Å². The van der Waals surface area contributed by atoms with Crippen LogP contribution in [0.25, 0.3) is 0 Å². The largest absolute Gasteiger partial charge is 0.496 e. The zero-order valence-corrected chi connectivity index (χ0v) is 9.92. The second-order valence-corrected chi connectivity index (χ2v) is 4.12. The molecular weight excluding hydrogens is 186 g/mol. The molecule has 0 spiro atoms. The molecular formula is C13H21NO. The summed E-state index contributed by atoms with van der Waals surface area (Å²) in [6, 6.07) is 6.43. The van der Waals surface area contributed by atoms with E-state index in [2.05, 4.69) is 32.0 Å². The molecule has 1 aromatic rings. The number of aryl methyl sites for hydroxylation is 1. The molecule has 0 heterocycles. The standard InChI is InChI=1S/C13H21NO/c1-10(2)11-6-7-13(15-3)12(9-11)5-4-8-14/h6-7,9-10H,4-5,8,14H2,1-3H3. The smallest absolute Gasteiger partial charge is 0.122 e. The summed E-state index contributed by atoms with van der Waals surface area (Å²) in [6.07, 6.45) is 2.01. The molecule has 15 heavy (non-hydrogen) atoms. The summed E-state index contributed by atoms with van der Waals surface area (Å²) in [6.45, 7) is 5.14. The molecule has 0 radical (unpaired) electrons. The van der Waals surface area contributed by atoms with Gasteiger partial charge >= 0.3 is 0 Å². The van der Waals surface area contributed by atoms with Gasteiger partial charge in [0.1, 0.15) is 5.75 Å². The van der Waals surface area contributed by atoms with Gasteiger partial charge in [-0.15, -0.1) is 0 Å². The quantitative estimate of drug-likeness (QED) is 0.805. The van der Waals surface area contributed by atoms with Crippen molar-refractivity contribution in [3.05, 3.63) is 29.3 Å². The maximum absolute atomic E-state index is 5.52. The Morgan fingerprint density at radius 2 is 2.07 bits per heavy atom. The van der Waals surface area contributed by atoms with Gasteiger partial charge < -0.3 is 10.5 Å². The van der Waals surface area contributed by atoms with Gasteiger partial charge in [-0.2, -0.15) is 0 Å². The molecule has 1 rings (SSSR count). The summed E-state index contributed by atoms with van der Waals surface area (Å²) in [7, 11) is 1.72. The van der Waals surface area contributed by atoms with Crippen molar-refractivity contribution in [1.82, 2.24) is 0 Å². The van der Waals surface area contributed by atoms with E-state index in [1.54, 1.807) is 7.11 Å². The molecule has 0 aliphatic rings. The van der Waals surface area contributed by atoms with Crippen LogP contribution in [0.5, 0.6) is 5.75 Å². The zero-order valence-electron chi connectivity index (χ0n) is 9.92. The normalized spacial score (nSPS) is 10.7. The monoisotopic (exact) mass is 207 g/mol. The van der Waals surface area contributed by atoms with E-state index in [1.807, 2.05) is 0 Å². The third kappa shape index (κ3) is 3.24. The fourth-order valence-corrected chi connectivity index (χ4v) is 1.65. The number of nitrogens with two attached hydrogens (primary N) is 1. The third-order valence-corrected chi connectivity index (χ3v) is 2.62. The Hall–Kier alpha value is -1.02. The summed E-state index contributed by atoms with van der Waals surface area (Å²) in [4.78, 5) is 0. The first-order valence-corrected chi connectivity index (χ1v) is 5.56. The molecule has 0 aliphatic heterocycles. The number of benzene rings is 1. The first-order chi connectivity index (χ1) is 7.19. The van der Waals surface area contributed by atoms with E-state index in [0.29, 0.717) is 5.92 Å². The number of rotatable bonds is 5. The van der Waals surface area contributed by atoms with Crippen LogP contribution in [0, 0.1) is 0 Å². The Morgan fingerprint density at radius 1 is 1.33 bits per heavy atom. The van der Waals surface area contributed by atoms with Crippen LogP contribution in [0.1, 0.15) is 37.3 Å². The summed E-state index contributed by atoms with van der Waals surface area (Å²) in [5.74, 6) is 1.54. The first-order valence-electron chi connectivity index (χ1n) is 5.56. The molecule has 0 amide bonds. The SMILES string of the molecule is COc1ccc(C(C)C)cc1CCCN. The highest BCUT2D eigenvalue weighted by Gasteiger charge is 2.06. The Labute approximate surface area is 92.4 Å².